The molecule has 0 saturated carbocycles. The molecule has 1 heterocycles. The normalized spacial score (nSPS) is 17.1. The summed E-state index contributed by atoms with van der Waals surface area (Å²) < 4.78 is 5.49. The molecule has 3 nitrogen and oxygen atoms in total. The third-order valence-electron chi connectivity index (χ3n) is 6.21. The Labute approximate surface area is 187 Å². The van der Waals surface area contributed by atoms with Gasteiger partial charge in [0.2, 0.25) is 0 Å². The summed E-state index contributed by atoms with van der Waals surface area (Å²) in [5.41, 5.74) is 10.2. The van der Waals surface area contributed by atoms with Crippen molar-refractivity contribution in [2.45, 2.75) is 19.8 Å². The smallest absolute Gasteiger partial charge is 0.0594 e. The zero-order valence-corrected chi connectivity index (χ0v) is 19.2. The summed E-state index contributed by atoms with van der Waals surface area (Å²) >= 11 is 0. The van der Waals surface area contributed by atoms with Gasteiger partial charge < -0.3 is 9.64 Å². The number of hydrogen-bond donors (Lipinski definition) is 0. The Morgan fingerprint density at radius 1 is 1.00 bits per heavy atom. The van der Waals surface area contributed by atoms with Crippen LogP contribution in [0.15, 0.2) is 66.8 Å². The van der Waals surface area contributed by atoms with Crippen molar-refractivity contribution in [1.82, 2.24) is 4.90 Å². The van der Waals surface area contributed by atoms with E-state index >= 15 is 0 Å². The van der Waals surface area contributed by atoms with E-state index in [1.54, 1.807) is 0 Å². The Bertz CT molecular complexity index is 992. The number of allylic oxidation sites excluding steroid dienone is 4. The fourth-order valence-corrected chi connectivity index (χ4v) is 4.44. The maximum atomic E-state index is 5.49. The number of benzene rings is 2. The van der Waals surface area contributed by atoms with Gasteiger partial charge in [0.15, 0.2) is 0 Å². The largest absolute Gasteiger partial charge is 0.379 e. The molecule has 4 rings (SSSR count). The van der Waals surface area contributed by atoms with Gasteiger partial charge in [-0.1, -0.05) is 54.6 Å². The zero-order valence-electron chi connectivity index (χ0n) is 19.2. The van der Waals surface area contributed by atoms with E-state index in [4.69, 9.17) is 4.74 Å². The second-order valence-corrected chi connectivity index (χ2v) is 8.87. The zero-order chi connectivity index (χ0) is 21.8. The first-order chi connectivity index (χ1) is 15.0. The van der Waals surface area contributed by atoms with Crippen LogP contribution in [0.5, 0.6) is 0 Å². The molecule has 0 N–H and O–H groups in total. The van der Waals surface area contributed by atoms with Crippen molar-refractivity contribution < 1.29 is 4.74 Å². The maximum absolute atomic E-state index is 5.49. The van der Waals surface area contributed by atoms with Gasteiger partial charge in [-0.25, -0.2) is 0 Å². The SMILES string of the molecule is C=C(C)c1cc(-c2ccc(C3=CCCC(CN4CCOCC4)=C3)cc2)ccc1N(C)C. The van der Waals surface area contributed by atoms with E-state index in [0.29, 0.717) is 0 Å². The van der Waals surface area contributed by atoms with Gasteiger partial charge in [0.05, 0.1) is 13.2 Å². The van der Waals surface area contributed by atoms with Crippen LogP contribution in [0.25, 0.3) is 22.3 Å². The van der Waals surface area contributed by atoms with Crippen molar-refractivity contribution >= 4 is 16.8 Å². The van der Waals surface area contributed by atoms with E-state index in [-0.39, 0.29) is 0 Å². The molecule has 1 aliphatic carbocycles. The van der Waals surface area contributed by atoms with Crippen LogP contribution >= 0.6 is 0 Å². The number of hydrogen-bond acceptors (Lipinski definition) is 3. The average molecular weight is 415 g/mol. The van der Waals surface area contributed by atoms with Gasteiger partial charge in [0.25, 0.3) is 0 Å². The van der Waals surface area contributed by atoms with Crippen LogP contribution in [0.3, 0.4) is 0 Å². The number of ether oxygens (including phenoxy) is 1. The highest BCUT2D eigenvalue weighted by Crippen LogP contribution is 2.32. The Hall–Kier alpha value is -2.62. The van der Waals surface area contributed by atoms with Gasteiger partial charge in [0.1, 0.15) is 0 Å². The summed E-state index contributed by atoms with van der Waals surface area (Å²) in [6.07, 6.45) is 7.07. The Morgan fingerprint density at radius 3 is 2.35 bits per heavy atom. The third kappa shape index (κ3) is 5.17. The molecule has 1 saturated heterocycles. The predicted molar refractivity (Wildman–Crippen MR) is 133 cm³/mol. The van der Waals surface area contributed by atoms with Gasteiger partial charge in [-0.05, 0) is 59.7 Å². The van der Waals surface area contributed by atoms with Crippen molar-refractivity contribution in [3.05, 3.63) is 77.9 Å². The molecule has 0 aromatic heterocycles. The van der Waals surface area contributed by atoms with E-state index in [9.17, 15) is 0 Å². The van der Waals surface area contributed by atoms with E-state index in [1.807, 2.05) is 0 Å². The molecule has 2 aromatic rings. The lowest BCUT2D eigenvalue weighted by atomic mass is 9.92. The molecule has 0 amide bonds. The summed E-state index contributed by atoms with van der Waals surface area (Å²) in [5.74, 6) is 0. The van der Waals surface area contributed by atoms with Crippen LogP contribution in [0.2, 0.25) is 0 Å². The predicted octanol–water partition coefficient (Wildman–Crippen LogP) is 5.89. The summed E-state index contributed by atoms with van der Waals surface area (Å²) in [6.45, 7) is 11.1. The molecule has 2 aliphatic rings. The van der Waals surface area contributed by atoms with Crippen molar-refractivity contribution in [3.8, 4) is 11.1 Å². The van der Waals surface area contributed by atoms with Crippen molar-refractivity contribution in [2.75, 3.05) is 51.8 Å². The number of nitrogens with zero attached hydrogens (tertiary/aromatic N) is 2. The van der Waals surface area contributed by atoms with Crippen molar-refractivity contribution in [1.29, 1.82) is 0 Å². The van der Waals surface area contributed by atoms with Gasteiger partial charge in [-0.3, -0.25) is 4.90 Å². The molecule has 162 valence electrons. The van der Waals surface area contributed by atoms with Crippen LogP contribution in [-0.2, 0) is 4.74 Å². The highest BCUT2D eigenvalue weighted by molar-refractivity contribution is 5.81. The van der Waals surface area contributed by atoms with E-state index in [1.165, 1.54) is 45.5 Å². The van der Waals surface area contributed by atoms with Gasteiger partial charge >= 0.3 is 0 Å². The monoisotopic (exact) mass is 414 g/mol. The summed E-state index contributed by atoms with van der Waals surface area (Å²) in [4.78, 5) is 4.66. The molecule has 0 radical (unpaired) electrons. The molecule has 0 bridgehead atoms. The van der Waals surface area contributed by atoms with Gasteiger partial charge in [-0.2, -0.15) is 0 Å². The number of rotatable bonds is 6. The molecule has 0 spiro atoms. The molecular formula is C28H34N2O. The lowest BCUT2D eigenvalue weighted by Gasteiger charge is -2.28. The van der Waals surface area contributed by atoms with Crippen molar-refractivity contribution in [3.63, 3.8) is 0 Å². The van der Waals surface area contributed by atoms with E-state index < -0.39 is 0 Å². The average Bonchev–Trinajstić information content (AvgIpc) is 2.79. The lowest BCUT2D eigenvalue weighted by molar-refractivity contribution is 0.0419. The standard InChI is InChI=1S/C28H34N2O/c1-21(2)27-19-26(12-13-28(27)29(3)4)24-10-8-23(9-11-24)25-7-5-6-22(18-25)20-30-14-16-31-17-15-30/h7-13,18-19H,1,5-6,14-17,20H2,2-4H3. The first kappa shape index (κ1) is 21.6. The minimum Gasteiger partial charge on any atom is -0.379 e. The molecule has 0 unspecified atom stereocenters. The summed E-state index contributed by atoms with van der Waals surface area (Å²) in [6, 6.07) is 15.7. The second-order valence-electron chi connectivity index (χ2n) is 8.87. The molecule has 1 fully saturated rings. The van der Waals surface area contributed by atoms with E-state index in [0.717, 1.165) is 44.8 Å². The Balaban J connectivity index is 1.52. The fraction of sp³-hybridized carbons (Fsp3) is 0.357. The topological polar surface area (TPSA) is 15.7 Å². The van der Waals surface area contributed by atoms with Gasteiger partial charge in [-0.15, -0.1) is 0 Å². The van der Waals surface area contributed by atoms with Gasteiger partial charge in [0, 0.05) is 45.0 Å². The molecule has 2 aromatic carbocycles. The van der Waals surface area contributed by atoms with E-state index in [2.05, 4.69) is 92.0 Å². The van der Waals surface area contributed by atoms with Crippen LogP contribution in [-0.4, -0.2) is 51.8 Å². The number of morpholine rings is 1. The molecular weight excluding hydrogens is 380 g/mol. The minimum atomic E-state index is 0.861. The molecule has 31 heavy (non-hydrogen) atoms. The summed E-state index contributed by atoms with van der Waals surface area (Å²) in [5, 5.41) is 0. The lowest BCUT2D eigenvalue weighted by Crippen LogP contribution is -2.37. The Morgan fingerprint density at radius 2 is 1.68 bits per heavy atom. The molecule has 0 atom stereocenters. The maximum Gasteiger partial charge on any atom is 0.0594 e. The molecule has 1 aliphatic heterocycles. The first-order valence-electron chi connectivity index (χ1n) is 11.3. The van der Waals surface area contributed by atoms with Crippen molar-refractivity contribution in [2.24, 2.45) is 0 Å². The highest BCUT2D eigenvalue weighted by Gasteiger charge is 2.15. The highest BCUT2D eigenvalue weighted by atomic mass is 16.5. The summed E-state index contributed by atoms with van der Waals surface area (Å²) in [7, 11) is 4.16. The quantitative estimate of drug-likeness (QED) is 0.586. The van der Waals surface area contributed by atoms with Crippen LogP contribution in [0.4, 0.5) is 5.69 Å². The van der Waals surface area contributed by atoms with Crippen LogP contribution in [0.1, 0.15) is 30.9 Å². The number of anilines is 1. The second kappa shape index (κ2) is 9.67. The van der Waals surface area contributed by atoms with Crippen LogP contribution in [0, 0.1) is 0 Å². The molecule has 3 heteroatoms. The first-order valence-corrected chi connectivity index (χ1v) is 11.3. The Kier molecular flexibility index (Phi) is 6.74. The fourth-order valence-electron chi connectivity index (χ4n) is 4.44. The van der Waals surface area contributed by atoms with Crippen LogP contribution < -0.4 is 4.90 Å². The minimum absolute atomic E-state index is 0.861. The third-order valence-corrected chi connectivity index (χ3v) is 6.21.